The monoisotopic (exact) mass is 362 g/mol. The van der Waals surface area contributed by atoms with Crippen molar-refractivity contribution in [1.82, 2.24) is 4.98 Å². The zero-order valence-electron chi connectivity index (χ0n) is 16.4. The SMILES string of the molecule is Cc1ccc(-c2cnc(CCC(=O)Nc3ccccc3C(C)C)o2)cc1C. The van der Waals surface area contributed by atoms with Crippen LogP contribution in [0.1, 0.15) is 48.8 Å². The lowest BCUT2D eigenvalue weighted by Crippen LogP contribution is -2.14. The van der Waals surface area contributed by atoms with E-state index in [9.17, 15) is 4.79 Å². The van der Waals surface area contributed by atoms with Crippen molar-refractivity contribution in [1.29, 1.82) is 0 Å². The molecule has 0 aliphatic carbocycles. The zero-order valence-corrected chi connectivity index (χ0v) is 16.4. The van der Waals surface area contributed by atoms with Crippen molar-refractivity contribution in [3.8, 4) is 11.3 Å². The molecular weight excluding hydrogens is 336 g/mol. The summed E-state index contributed by atoms with van der Waals surface area (Å²) in [5.74, 6) is 1.64. The molecule has 0 aliphatic rings. The van der Waals surface area contributed by atoms with E-state index in [2.05, 4.69) is 50.1 Å². The summed E-state index contributed by atoms with van der Waals surface area (Å²) in [6, 6.07) is 14.1. The first-order valence-electron chi connectivity index (χ1n) is 9.35. The van der Waals surface area contributed by atoms with E-state index in [0.29, 0.717) is 24.7 Å². The molecule has 0 atom stereocenters. The van der Waals surface area contributed by atoms with Crippen LogP contribution in [0.15, 0.2) is 53.1 Å². The molecule has 0 saturated heterocycles. The minimum absolute atomic E-state index is 0.0333. The van der Waals surface area contributed by atoms with Gasteiger partial charge in [-0.15, -0.1) is 0 Å². The molecule has 0 aliphatic heterocycles. The summed E-state index contributed by atoms with van der Waals surface area (Å²) in [5, 5.41) is 3.01. The van der Waals surface area contributed by atoms with Crippen LogP contribution in [0.3, 0.4) is 0 Å². The van der Waals surface area contributed by atoms with Gasteiger partial charge in [-0.3, -0.25) is 4.79 Å². The number of carbonyl (C=O) groups excluding carboxylic acids is 1. The van der Waals surface area contributed by atoms with E-state index in [0.717, 1.165) is 22.6 Å². The lowest BCUT2D eigenvalue weighted by Gasteiger charge is -2.13. The standard InChI is InChI=1S/C23H26N2O2/c1-15(2)19-7-5-6-8-20(19)25-22(26)11-12-23-24-14-21(27-23)18-10-9-16(3)17(4)13-18/h5-10,13-15H,11-12H2,1-4H3,(H,25,26). The van der Waals surface area contributed by atoms with Gasteiger partial charge in [0.1, 0.15) is 0 Å². The van der Waals surface area contributed by atoms with Crippen molar-refractivity contribution in [2.75, 3.05) is 5.32 Å². The second-order valence-electron chi connectivity index (χ2n) is 7.21. The normalized spacial score (nSPS) is 11.0. The van der Waals surface area contributed by atoms with Gasteiger partial charge in [0.05, 0.1) is 6.20 Å². The molecule has 4 heteroatoms. The Hall–Kier alpha value is -2.88. The third-order valence-corrected chi connectivity index (χ3v) is 4.77. The smallest absolute Gasteiger partial charge is 0.224 e. The van der Waals surface area contributed by atoms with E-state index in [-0.39, 0.29) is 5.91 Å². The minimum atomic E-state index is -0.0333. The van der Waals surface area contributed by atoms with Crippen LogP contribution in [0.5, 0.6) is 0 Å². The number of rotatable bonds is 6. The first-order valence-corrected chi connectivity index (χ1v) is 9.35. The Bertz CT molecular complexity index is 941. The molecule has 140 valence electrons. The van der Waals surface area contributed by atoms with Crippen molar-refractivity contribution < 1.29 is 9.21 Å². The number of nitrogens with zero attached hydrogens (tertiary/aromatic N) is 1. The molecule has 27 heavy (non-hydrogen) atoms. The van der Waals surface area contributed by atoms with Gasteiger partial charge in [-0.1, -0.05) is 44.2 Å². The summed E-state index contributed by atoms with van der Waals surface area (Å²) in [4.78, 5) is 16.7. The number of oxazole rings is 1. The highest BCUT2D eigenvalue weighted by Crippen LogP contribution is 2.25. The Kier molecular flexibility index (Phi) is 5.75. The molecule has 2 aromatic carbocycles. The molecule has 0 fully saturated rings. The Morgan fingerprint density at radius 3 is 2.63 bits per heavy atom. The van der Waals surface area contributed by atoms with Gasteiger partial charge in [0.15, 0.2) is 11.7 Å². The molecule has 0 spiro atoms. The molecule has 0 bridgehead atoms. The fraction of sp³-hybridized carbons (Fsp3) is 0.304. The van der Waals surface area contributed by atoms with Crippen molar-refractivity contribution in [3.63, 3.8) is 0 Å². The summed E-state index contributed by atoms with van der Waals surface area (Å²) in [6.07, 6.45) is 2.53. The Labute approximate surface area is 160 Å². The first kappa shape index (κ1) is 18.9. The van der Waals surface area contributed by atoms with Crippen molar-refractivity contribution in [2.45, 2.75) is 46.5 Å². The second-order valence-corrected chi connectivity index (χ2v) is 7.21. The van der Waals surface area contributed by atoms with Gasteiger partial charge in [-0.05, 0) is 48.6 Å². The highest BCUT2D eigenvalue weighted by Gasteiger charge is 2.12. The van der Waals surface area contributed by atoms with Gasteiger partial charge >= 0.3 is 0 Å². The molecule has 0 radical (unpaired) electrons. The fourth-order valence-corrected chi connectivity index (χ4v) is 3.00. The molecule has 0 saturated carbocycles. The summed E-state index contributed by atoms with van der Waals surface area (Å²) in [5.41, 5.74) is 5.48. The highest BCUT2D eigenvalue weighted by molar-refractivity contribution is 5.91. The second kappa shape index (κ2) is 8.21. The number of anilines is 1. The maximum Gasteiger partial charge on any atom is 0.224 e. The molecule has 0 unspecified atom stereocenters. The summed E-state index contributed by atoms with van der Waals surface area (Å²) in [6.45, 7) is 8.40. The van der Waals surface area contributed by atoms with Gasteiger partial charge in [0, 0.05) is 24.1 Å². The fourth-order valence-electron chi connectivity index (χ4n) is 3.00. The van der Waals surface area contributed by atoms with Crippen LogP contribution in [0.2, 0.25) is 0 Å². The summed E-state index contributed by atoms with van der Waals surface area (Å²) >= 11 is 0. The summed E-state index contributed by atoms with van der Waals surface area (Å²) < 4.78 is 5.84. The molecule has 4 nitrogen and oxygen atoms in total. The van der Waals surface area contributed by atoms with Crippen LogP contribution in [-0.2, 0) is 11.2 Å². The van der Waals surface area contributed by atoms with Crippen molar-refractivity contribution >= 4 is 11.6 Å². The van der Waals surface area contributed by atoms with Gasteiger partial charge in [-0.2, -0.15) is 0 Å². The number of hydrogen-bond acceptors (Lipinski definition) is 3. The minimum Gasteiger partial charge on any atom is -0.441 e. The van der Waals surface area contributed by atoms with Crippen LogP contribution in [0, 0.1) is 13.8 Å². The van der Waals surface area contributed by atoms with E-state index in [4.69, 9.17) is 4.42 Å². The van der Waals surface area contributed by atoms with Crippen molar-refractivity contribution in [2.24, 2.45) is 0 Å². The van der Waals surface area contributed by atoms with Crippen LogP contribution >= 0.6 is 0 Å². The molecule has 1 N–H and O–H groups in total. The number of hydrogen-bond donors (Lipinski definition) is 1. The average Bonchev–Trinajstić information content (AvgIpc) is 3.11. The lowest BCUT2D eigenvalue weighted by atomic mass is 10.0. The molecule has 3 aromatic rings. The Morgan fingerprint density at radius 1 is 1.11 bits per heavy atom. The third kappa shape index (κ3) is 4.64. The van der Waals surface area contributed by atoms with Gasteiger partial charge < -0.3 is 9.73 Å². The van der Waals surface area contributed by atoms with Gasteiger partial charge in [-0.25, -0.2) is 4.98 Å². The van der Waals surface area contributed by atoms with E-state index in [1.165, 1.54) is 11.1 Å². The number of carbonyl (C=O) groups is 1. The quantitative estimate of drug-likeness (QED) is 0.616. The molecule has 1 heterocycles. The largest absolute Gasteiger partial charge is 0.441 e. The number of aryl methyl sites for hydroxylation is 3. The predicted molar refractivity (Wildman–Crippen MR) is 109 cm³/mol. The van der Waals surface area contributed by atoms with Gasteiger partial charge in [0.2, 0.25) is 5.91 Å². The predicted octanol–water partition coefficient (Wildman–Crippen LogP) is 5.65. The maximum absolute atomic E-state index is 12.3. The van der Waals surface area contributed by atoms with E-state index < -0.39 is 0 Å². The summed E-state index contributed by atoms with van der Waals surface area (Å²) in [7, 11) is 0. The van der Waals surface area contributed by atoms with Gasteiger partial charge in [0.25, 0.3) is 0 Å². The first-order chi connectivity index (χ1) is 12.9. The Balaban J connectivity index is 1.62. The number of nitrogens with one attached hydrogen (secondary N) is 1. The van der Waals surface area contributed by atoms with Crippen LogP contribution in [-0.4, -0.2) is 10.9 Å². The topological polar surface area (TPSA) is 55.1 Å². The number of aromatic nitrogens is 1. The van der Waals surface area contributed by atoms with Crippen LogP contribution < -0.4 is 5.32 Å². The number of benzene rings is 2. The van der Waals surface area contributed by atoms with E-state index in [1.54, 1.807) is 6.20 Å². The van der Waals surface area contributed by atoms with E-state index in [1.807, 2.05) is 30.3 Å². The highest BCUT2D eigenvalue weighted by atomic mass is 16.4. The van der Waals surface area contributed by atoms with E-state index >= 15 is 0 Å². The lowest BCUT2D eigenvalue weighted by molar-refractivity contribution is -0.116. The maximum atomic E-state index is 12.3. The number of para-hydroxylation sites is 1. The zero-order chi connectivity index (χ0) is 19.4. The molecular formula is C23H26N2O2. The average molecular weight is 362 g/mol. The molecule has 1 amide bonds. The number of amides is 1. The van der Waals surface area contributed by atoms with Crippen LogP contribution in [0.25, 0.3) is 11.3 Å². The van der Waals surface area contributed by atoms with Crippen LogP contribution in [0.4, 0.5) is 5.69 Å². The Morgan fingerprint density at radius 2 is 1.89 bits per heavy atom. The molecule has 3 rings (SSSR count). The van der Waals surface area contributed by atoms with Crippen molar-refractivity contribution in [3.05, 3.63) is 71.2 Å². The molecule has 1 aromatic heterocycles. The third-order valence-electron chi connectivity index (χ3n) is 4.77.